The van der Waals surface area contributed by atoms with E-state index in [4.69, 9.17) is 0 Å². The smallest absolute Gasteiger partial charge is 0.326 e. The molecule has 3 aromatic rings. The SMILES string of the molecule is O=C(N[C@@]1(C(F)(F)F)C(=O)Nc2c1c(=O)[nH]c(=O)n2-c1ccccc1)c1ccc(F)cc1. The van der Waals surface area contributed by atoms with Crippen LogP contribution in [0.3, 0.4) is 0 Å². The highest BCUT2D eigenvalue weighted by Gasteiger charge is 2.68. The summed E-state index contributed by atoms with van der Waals surface area (Å²) in [6, 6.07) is 10.8. The van der Waals surface area contributed by atoms with Crippen molar-refractivity contribution in [1.82, 2.24) is 14.9 Å². The van der Waals surface area contributed by atoms with Crippen LogP contribution in [-0.4, -0.2) is 27.5 Å². The van der Waals surface area contributed by atoms with Crippen molar-refractivity contribution in [2.24, 2.45) is 0 Å². The maximum Gasteiger partial charge on any atom is 0.425 e. The molecule has 0 radical (unpaired) electrons. The van der Waals surface area contributed by atoms with Gasteiger partial charge in [0.15, 0.2) is 0 Å². The summed E-state index contributed by atoms with van der Waals surface area (Å²) in [5.74, 6) is -4.63. The maximum absolute atomic E-state index is 14.3. The molecule has 2 heterocycles. The van der Waals surface area contributed by atoms with E-state index in [1.807, 2.05) is 5.32 Å². The fraction of sp³-hybridized carbons (Fsp3) is 0.100. The molecule has 1 aromatic heterocycles. The van der Waals surface area contributed by atoms with Gasteiger partial charge in [-0.1, -0.05) is 18.2 Å². The van der Waals surface area contributed by atoms with Gasteiger partial charge in [0.1, 0.15) is 17.2 Å². The van der Waals surface area contributed by atoms with Gasteiger partial charge in [0.25, 0.3) is 22.9 Å². The topological polar surface area (TPSA) is 113 Å². The largest absolute Gasteiger partial charge is 0.425 e. The van der Waals surface area contributed by atoms with E-state index in [1.54, 1.807) is 16.4 Å². The molecular formula is C20H12F4N4O4. The minimum atomic E-state index is -5.48. The zero-order chi connectivity index (χ0) is 23.3. The van der Waals surface area contributed by atoms with Gasteiger partial charge in [0.2, 0.25) is 0 Å². The average Bonchev–Trinajstić information content (AvgIpc) is 3.02. The Hall–Kier alpha value is -4.22. The molecule has 8 nitrogen and oxygen atoms in total. The summed E-state index contributed by atoms with van der Waals surface area (Å²) in [5, 5.41) is 3.50. The Kier molecular flexibility index (Phi) is 4.72. The number of aromatic nitrogens is 2. The van der Waals surface area contributed by atoms with Crippen LogP contribution < -0.4 is 21.9 Å². The van der Waals surface area contributed by atoms with Crippen molar-refractivity contribution in [2.45, 2.75) is 11.7 Å². The van der Waals surface area contributed by atoms with Crippen molar-refractivity contribution in [1.29, 1.82) is 0 Å². The number of fused-ring (bicyclic) bond motifs is 1. The number of aromatic amines is 1. The van der Waals surface area contributed by atoms with E-state index in [9.17, 15) is 36.7 Å². The van der Waals surface area contributed by atoms with Crippen molar-refractivity contribution in [3.63, 3.8) is 0 Å². The van der Waals surface area contributed by atoms with Crippen LogP contribution in [0.2, 0.25) is 0 Å². The number of amides is 2. The average molecular weight is 448 g/mol. The van der Waals surface area contributed by atoms with E-state index < -0.39 is 52.0 Å². The third-order valence-corrected chi connectivity index (χ3v) is 4.91. The number of para-hydroxylation sites is 1. The van der Waals surface area contributed by atoms with Crippen molar-refractivity contribution < 1.29 is 27.2 Å². The van der Waals surface area contributed by atoms with Crippen LogP contribution >= 0.6 is 0 Å². The molecule has 32 heavy (non-hydrogen) atoms. The highest BCUT2D eigenvalue weighted by molar-refractivity contribution is 6.09. The second kappa shape index (κ2) is 7.18. The first-order valence-corrected chi connectivity index (χ1v) is 8.98. The van der Waals surface area contributed by atoms with Gasteiger partial charge in [-0.05, 0) is 36.4 Å². The Balaban J connectivity index is 1.96. The fourth-order valence-electron chi connectivity index (χ4n) is 3.45. The second-order valence-corrected chi connectivity index (χ2v) is 6.82. The third-order valence-electron chi connectivity index (χ3n) is 4.91. The molecule has 0 bridgehead atoms. The summed E-state index contributed by atoms with van der Waals surface area (Å²) in [5.41, 5.74) is -7.92. The number of nitrogens with zero attached hydrogens (tertiary/aromatic N) is 1. The quantitative estimate of drug-likeness (QED) is 0.531. The monoisotopic (exact) mass is 448 g/mol. The summed E-state index contributed by atoms with van der Waals surface area (Å²) < 4.78 is 56.8. The number of H-pyrrole nitrogens is 1. The van der Waals surface area contributed by atoms with Crippen LogP contribution in [0.4, 0.5) is 23.4 Å². The molecule has 3 N–H and O–H groups in total. The molecule has 0 saturated heterocycles. The molecular weight excluding hydrogens is 436 g/mol. The summed E-state index contributed by atoms with van der Waals surface area (Å²) in [6.07, 6.45) is -5.48. The van der Waals surface area contributed by atoms with Gasteiger partial charge in [-0.15, -0.1) is 0 Å². The molecule has 0 spiro atoms. The number of hydrogen-bond acceptors (Lipinski definition) is 4. The molecule has 1 aliphatic heterocycles. The summed E-state index contributed by atoms with van der Waals surface area (Å²) in [6.45, 7) is 0. The van der Waals surface area contributed by atoms with Crippen LogP contribution in [0, 0.1) is 5.82 Å². The normalized spacial score (nSPS) is 17.6. The van der Waals surface area contributed by atoms with Gasteiger partial charge < -0.3 is 10.6 Å². The molecule has 2 amide bonds. The number of alkyl halides is 3. The molecule has 4 rings (SSSR count). The number of anilines is 1. The third kappa shape index (κ3) is 3.07. The lowest BCUT2D eigenvalue weighted by Gasteiger charge is -2.30. The Labute approximate surface area is 175 Å². The predicted octanol–water partition coefficient (Wildman–Crippen LogP) is 1.80. The molecule has 1 aliphatic rings. The lowest BCUT2D eigenvalue weighted by atomic mass is 9.91. The highest BCUT2D eigenvalue weighted by atomic mass is 19.4. The summed E-state index contributed by atoms with van der Waals surface area (Å²) in [7, 11) is 0. The fourth-order valence-corrected chi connectivity index (χ4v) is 3.45. The highest BCUT2D eigenvalue weighted by Crippen LogP contribution is 2.45. The van der Waals surface area contributed by atoms with E-state index in [1.165, 1.54) is 24.3 Å². The first-order chi connectivity index (χ1) is 15.1. The minimum absolute atomic E-state index is 0.0631. The van der Waals surface area contributed by atoms with Crippen LogP contribution in [0.25, 0.3) is 5.69 Å². The van der Waals surface area contributed by atoms with E-state index in [0.29, 0.717) is 4.57 Å². The van der Waals surface area contributed by atoms with Gasteiger partial charge in [-0.25, -0.2) is 13.8 Å². The van der Waals surface area contributed by atoms with E-state index in [0.717, 1.165) is 24.3 Å². The van der Waals surface area contributed by atoms with Crippen LogP contribution in [0.1, 0.15) is 15.9 Å². The Morgan fingerprint density at radius 3 is 2.19 bits per heavy atom. The molecule has 2 aromatic carbocycles. The number of halogens is 4. The van der Waals surface area contributed by atoms with Gasteiger partial charge in [-0.3, -0.25) is 19.4 Å². The molecule has 12 heteroatoms. The molecule has 0 saturated carbocycles. The minimum Gasteiger partial charge on any atom is -0.326 e. The Morgan fingerprint density at radius 2 is 1.59 bits per heavy atom. The maximum atomic E-state index is 14.3. The van der Waals surface area contributed by atoms with E-state index in [-0.39, 0.29) is 11.3 Å². The number of carbonyl (C=O) groups is 2. The molecule has 0 aliphatic carbocycles. The van der Waals surface area contributed by atoms with Crippen molar-refractivity contribution in [3.8, 4) is 5.69 Å². The first-order valence-electron chi connectivity index (χ1n) is 8.98. The molecule has 0 fully saturated rings. The predicted molar refractivity (Wildman–Crippen MR) is 103 cm³/mol. The molecule has 0 unspecified atom stereocenters. The van der Waals surface area contributed by atoms with Crippen LogP contribution in [-0.2, 0) is 10.3 Å². The first kappa shape index (κ1) is 21.0. The van der Waals surface area contributed by atoms with Gasteiger partial charge in [0.05, 0.1) is 5.69 Å². The lowest BCUT2D eigenvalue weighted by molar-refractivity contribution is -0.196. The van der Waals surface area contributed by atoms with E-state index in [2.05, 4.69) is 0 Å². The molecule has 164 valence electrons. The van der Waals surface area contributed by atoms with E-state index >= 15 is 0 Å². The lowest BCUT2D eigenvalue weighted by Crippen LogP contribution is -2.62. The standard InChI is InChI=1S/C20H12F4N4O4/c21-11-8-6-10(7-9-11)15(29)27-19(20(22,23)24)13-14(25-17(19)31)28(18(32)26-16(13)30)12-4-2-1-3-5-12/h1-9H,(H,25,31)(H,27,29)(H,26,30,32)/t19-/m1/s1. The van der Waals surface area contributed by atoms with Crippen LogP contribution in [0.15, 0.2) is 64.2 Å². The summed E-state index contributed by atoms with van der Waals surface area (Å²) >= 11 is 0. The summed E-state index contributed by atoms with van der Waals surface area (Å²) in [4.78, 5) is 51.9. The van der Waals surface area contributed by atoms with Gasteiger partial charge in [0, 0.05) is 5.56 Å². The number of hydrogen-bond donors (Lipinski definition) is 3. The Morgan fingerprint density at radius 1 is 0.969 bits per heavy atom. The Bertz CT molecular complexity index is 1350. The molecule has 1 atom stereocenters. The van der Waals surface area contributed by atoms with Gasteiger partial charge in [-0.2, -0.15) is 13.2 Å². The number of benzene rings is 2. The zero-order valence-corrected chi connectivity index (χ0v) is 15.8. The van der Waals surface area contributed by atoms with Crippen molar-refractivity contribution >= 4 is 17.6 Å². The van der Waals surface area contributed by atoms with Gasteiger partial charge >= 0.3 is 11.9 Å². The number of nitrogens with one attached hydrogen (secondary N) is 3. The zero-order valence-electron chi connectivity index (χ0n) is 15.8. The number of carbonyl (C=O) groups excluding carboxylic acids is 2. The number of rotatable bonds is 3. The van der Waals surface area contributed by atoms with Crippen molar-refractivity contribution in [3.05, 3.63) is 92.4 Å². The van der Waals surface area contributed by atoms with Crippen molar-refractivity contribution in [2.75, 3.05) is 5.32 Å². The van der Waals surface area contributed by atoms with Crippen LogP contribution in [0.5, 0.6) is 0 Å². The second-order valence-electron chi connectivity index (χ2n) is 6.82.